The summed E-state index contributed by atoms with van der Waals surface area (Å²) in [5.41, 5.74) is -0.530. The summed E-state index contributed by atoms with van der Waals surface area (Å²) in [5, 5.41) is 10.9. The van der Waals surface area contributed by atoms with Crippen molar-refractivity contribution in [1.29, 1.82) is 0 Å². The molecule has 1 heterocycles. The van der Waals surface area contributed by atoms with E-state index in [9.17, 15) is 14.7 Å². The van der Waals surface area contributed by atoms with Crippen LogP contribution >= 0.6 is 11.6 Å². The van der Waals surface area contributed by atoms with E-state index in [1.165, 1.54) is 4.57 Å². The number of rotatable bonds is 3. The van der Waals surface area contributed by atoms with Gasteiger partial charge in [0.2, 0.25) is 5.88 Å². The highest BCUT2D eigenvalue weighted by atomic mass is 35.5. The molecule has 21 heavy (non-hydrogen) atoms. The van der Waals surface area contributed by atoms with E-state index in [1.54, 1.807) is 24.3 Å². The number of aromatic hydroxyl groups is 1. The number of aromatic amines is 1. The first-order chi connectivity index (χ1) is 10.1. The molecule has 1 saturated carbocycles. The molecular weight excluding hydrogens is 292 g/mol. The molecule has 0 saturated heterocycles. The normalized spacial score (nSPS) is 14.9. The van der Waals surface area contributed by atoms with Crippen LogP contribution in [0, 0.1) is 5.92 Å². The molecular formula is C15H15ClN2O3. The van der Waals surface area contributed by atoms with Gasteiger partial charge in [0, 0.05) is 11.6 Å². The van der Waals surface area contributed by atoms with E-state index in [-0.39, 0.29) is 11.4 Å². The Morgan fingerprint density at radius 2 is 1.90 bits per heavy atom. The summed E-state index contributed by atoms with van der Waals surface area (Å²) in [6.07, 6.45) is 3.23. The fourth-order valence-electron chi connectivity index (χ4n) is 2.54. The Bertz CT molecular complexity index is 773. The van der Waals surface area contributed by atoms with Crippen LogP contribution in [0.25, 0.3) is 11.1 Å². The van der Waals surface area contributed by atoms with Gasteiger partial charge in [-0.2, -0.15) is 0 Å². The molecule has 0 amide bonds. The monoisotopic (exact) mass is 306 g/mol. The molecule has 1 aromatic carbocycles. The third-order valence-electron chi connectivity index (χ3n) is 3.97. The van der Waals surface area contributed by atoms with Crippen molar-refractivity contribution < 1.29 is 5.11 Å². The Morgan fingerprint density at radius 3 is 2.48 bits per heavy atom. The quantitative estimate of drug-likeness (QED) is 0.914. The van der Waals surface area contributed by atoms with Gasteiger partial charge in [0.1, 0.15) is 5.56 Å². The van der Waals surface area contributed by atoms with Crippen LogP contribution in [0.3, 0.4) is 0 Å². The van der Waals surface area contributed by atoms with Crippen LogP contribution in [0.15, 0.2) is 33.9 Å². The number of nitrogens with one attached hydrogen (secondary N) is 1. The lowest BCUT2D eigenvalue weighted by Gasteiger charge is -2.26. The van der Waals surface area contributed by atoms with Crippen molar-refractivity contribution in [3.05, 3.63) is 50.1 Å². The number of nitrogens with zero attached hydrogens (tertiary/aromatic N) is 1. The molecule has 1 fully saturated rings. The van der Waals surface area contributed by atoms with Gasteiger partial charge in [-0.3, -0.25) is 14.3 Å². The van der Waals surface area contributed by atoms with E-state index in [0.29, 0.717) is 23.0 Å². The SMILES string of the molecule is O=c1[nH]c(=O)n(CC2CCC2)c(O)c1-c1ccc(Cl)cc1. The molecule has 1 aromatic heterocycles. The van der Waals surface area contributed by atoms with Gasteiger partial charge in [0.05, 0.1) is 0 Å². The largest absolute Gasteiger partial charge is 0.494 e. The Hall–Kier alpha value is -2.01. The number of aromatic nitrogens is 2. The molecule has 2 N–H and O–H groups in total. The molecule has 1 aliphatic rings. The van der Waals surface area contributed by atoms with Gasteiger partial charge >= 0.3 is 5.69 Å². The van der Waals surface area contributed by atoms with E-state index in [0.717, 1.165) is 19.3 Å². The van der Waals surface area contributed by atoms with Gasteiger partial charge in [0.25, 0.3) is 5.56 Å². The lowest BCUT2D eigenvalue weighted by atomic mass is 9.85. The van der Waals surface area contributed by atoms with Crippen molar-refractivity contribution >= 4 is 11.6 Å². The fraction of sp³-hybridized carbons (Fsp3) is 0.333. The molecule has 2 aromatic rings. The lowest BCUT2D eigenvalue weighted by molar-refractivity contribution is 0.257. The zero-order valence-electron chi connectivity index (χ0n) is 11.3. The molecule has 3 rings (SSSR count). The molecule has 0 aliphatic heterocycles. The minimum absolute atomic E-state index is 0.102. The topological polar surface area (TPSA) is 75.1 Å². The van der Waals surface area contributed by atoms with Crippen LogP contribution in [0.5, 0.6) is 5.88 Å². The van der Waals surface area contributed by atoms with Crippen molar-refractivity contribution in [3.8, 4) is 17.0 Å². The number of H-pyrrole nitrogens is 1. The predicted molar refractivity (Wildman–Crippen MR) is 80.8 cm³/mol. The second-order valence-corrected chi connectivity index (χ2v) is 5.81. The van der Waals surface area contributed by atoms with E-state index >= 15 is 0 Å². The van der Waals surface area contributed by atoms with Crippen LogP contribution in [0.1, 0.15) is 19.3 Å². The van der Waals surface area contributed by atoms with Crippen LogP contribution in [0.4, 0.5) is 0 Å². The summed E-state index contributed by atoms with van der Waals surface area (Å²) in [6, 6.07) is 6.56. The first-order valence-electron chi connectivity index (χ1n) is 6.88. The van der Waals surface area contributed by atoms with Crippen molar-refractivity contribution in [2.45, 2.75) is 25.8 Å². The lowest BCUT2D eigenvalue weighted by Crippen LogP contribution is -2.34. The molecule has 110 valence electrons. The Morgan fingerprint density at radius 1 is 1.24 bits per heavy atom. The van der Waals surface area contributed by atoms with Crippen molar-refractivity contribution in [3.63, 3.8) is 0 Å². The van der Waals surface area contributed by atoms with Crippen molar-refractivity contribution in [1.82, 2.24) is 9.55 Å². The first kappa shape index (κ1) is 13.9. The second kappa shape index (κ2) is 5.41. The molecule has 5 nitrogen and oxygen atoms in total. The van der Waals surface area contributed by atoms with Crippen LogP contribution in [-0.2, 0) is 6.54 Å². The average molecular weight is 307 g/mol. The zero-order valence-corrected chi connectivity index (χ0v) is 12.1. The molecule has 0 bridgehead atoms. The van der Waals surface area contributed by atoms with Gasteiger partial charge in [-0.1, -0.05) is 30.2 Å². The van der Waals surface area contributed by atoms with Gasteiger partial charge in [-0.15, -0.1) is 0 Å². The molecule has 0 atom stereocenters. The molecule has 6 heteroatoms. The Labute approximate surface area is 125 Å². The third-order valence-corrected chi connectivity index (χ3v) is 4.22. The van der Waals surface area contributed by atoms with Gasteiger partial charge < -0.3 is 5.11 Å². The number of hydrogen-bond acceptors (Lipinski definition) is 3. The van der Waals surface area contributed by atoms with Crippen molar-refractivity contribution in [2.24, 2.45) is 5.92 Å². The molecule has 0 spiro atoms. The van der Waals surface area contributed by atoms with Crippen molar-refractivity contribution in [2.75, 3.05) is 0 Å². The Balaban J connectivity index is 2.11. The van der Waals surface area contributed by atoms with Gasteiger partial charge in [0.15, 0.2) is 0 Å². The number of halogens is 1. The molecule has 0 radical (unpaired) electrons. The van der Waals surface area contributed by atoms with Gasteiger partial charge in [-0.05, 0) is 36.5 Å². The maximum absolute atomic E-state index is 12.0. The summed E-state index contributed by atoms with van der Waals surface area (Å²) >= 11 is 5.83. The highest BCUT2D eigenvalue weighted by Crippen LogP contribution is 2.30. The first-order valence-corrected chi connectivity index (χ1v) is 7.26. The van der Waals surface area contributed by atoms with Crippen LogP contribution in [0.2, 0.25) is 5.02 Å². The summed E-state index contributed by atoms with van der Waals surface area (Å²) in [4.78, 5) is 26.2. The Kier molecular flexibility index (Phi) is 3.59. The fourth-order valence-corrected chi connectivity index (χ4v) is 2.67. The predicted octanol–water partition coefficient (Wildman–Crippen LogP) is 2.36. The molecule has 0 unspecified atom stereocenters. The van der Waals surface area contributed by atoms with Crippen LogP contribution < -0.4 is 11.2 Å². The third kappa shape index (κ3) is 2.61. The number of hydrogen-bond donors (Lipinski definition) is 2. The van der Waals surface area contributed by atoms with E-state index in [4.69, 9.17) is 11.6 Å². The maximum Gasteiger partial charge on any atom is 0.331 e. The molecule has 1 aliphatic carbocycles. The smallest absolute Gasteiger partial charge is 0.331 e. The summed E-state index contributed by atoms with van der Waals surface area (Å²) in [7, 11) is 0. The van der Waals surface area contributed by atoms with Gasteiger partial charge in [-0.25, -0.2) is 4.79 Å². The summed E-state index contributed by atoms with van der Waals surface area (Å²) in [5.74, 6) is 0.107. The highest BCUT2D eigenvalue weighted by molar-refractivity contribution is 6.30. The van der Waals surface area contributed by atoms with Crippen LogP contribution in [-0.4, -0.2) is 14.7 Å². The minimum Gasteiger partial charge on any atom is -0.494 e. The standard InChI is InChI=1S/C15H15ClN2O3/c16-11-6-4-10(5-7-11)12-13(19)17-15(21)18(14(12)20)8-9-2-1-3-9/h4-7,9,20H,1-3,8H2,(H,17,19,21). The second-order valence-electron chi connectivity index (χ2n) is 5.37. The minimum atomic E-state index is -0.593. The zero-order chi connectivity index (χ0) is 15.0. The number of benzene rings is 1. The highest BCUT2D eigenvalue weighted by Gasteiger charge is 2.22. The summed E-state index contributed by atoms with van der Waals surface area (Å²) < 4.78 is 1.25. The van der Waals surface area contributed by atoms with E-state index < -0.39 is 11.2 Å². The maximum atomic E-state index is 12.0. The average Bonchev–Trinajstić information content (AvgIpc) is 2.38. The van der Waals surface area contributed by atoms with E-state index in [1.807, 2.05) is 0 Å². The summed E-state index contributed by atoms with van der Waals surface area (Å²) in [6.45, 7) is 0.433. The van der Waals surface area contributed by atoms with E-state index in [2.05, 4.69) is 4.98 Å².